The lowest BCUT2D eigenvalue weighted by molar-refractivity contribution is 0.297. The van der Waals surface area contributed by atoms with Gasteiger partial charge in [0.15, 0.2) is 11.5 Å². The molecule has 0 aromatic heterocycles. The number of hydrogen-bond donors (Lipinski definition) is 1. The van der Waals surface area contributed by atoms with E-state index in [9.17, 15) is 0 Å². The summed E-state index contributed by atoms with van der Waals surface area (Å²) in [5.74, 6) is 2.34. The maximum absolute atomic E-state index is 6.10. The second-order valence-electron chi connectivity index (χ2n) is 5.42. The molecule has 0 amide bonds. The third kappa shape index (κ3) is 2.84. The van der Waals surface area contributed by atoms with Crippen molar-refractivity contribution in [3.63, 3.8) is 0 Å². The van der Waals surface area contributed by atoms with Crippen LogP contribution in [0.2, 0.25) is 0 Å². The van der Waals surface area contributed by atoms with Crippen molar-refractivity contribution in [1.29, 1.82) is 0 Å². The standard InChI is InChI=1S/C15H21NO2S/c1-10-12(16)4-6-15(10)19-11-3-5-13-14(9-11)18-8-2-7-17-13/h3,5,9-10,12,15H,2,4,6-8,16H2,1H3. The average Bonchev–Trinajstić information content (AvgIpc) is 2.65. The fraction of sp³-hybridized carbons (Fsp3) is 0.600. The summed E-state index contributed by atoms with van der Waals surface area (Å²) in [5, 5.41) is 0.625. The number of thioether (sulfide) groups is 1. The molecule has 104 valence electrons. The normalized spacial score (nSPS) is 30.1. The number of fused-ring (bicyclic) bond motifs is 1. The predicted molar refractivity (Wildman–Crippen MR) is 78.1 cm³/mol. The van der Waals surface area contributed by atoms with Crippen LogP contribution in [-0.4, -0.2) is 24.5 Å². The first-order valence-electron chi connectivity index (χ1n) is 7.06. The topological polar surface area (TPSA) is 44.5 Å². The molecule has 3 unspecified atom stereocenters. The zero-order chi connectivity index (χ0) is 13.2. The summed E-state index contributed by atoms with van der Waals surface area (Å²) >= 11 is 1.93. The highest BCUT2D eigenvalue weighted by molar-refractivity contribution is 8.00. The first-order valence-corrected chi connectivity index (χ1v) is 7.94. The predicted octanol–water partition coefficient (Wildman–Crippen LogP) is 3.07. The summed E-state index contributed by atoms with van der Waals surface area (Å²) in [6.07, 6.45) is 3.30. The maximum atomic E-state index is 6.10. The van der Waals surface area contributed by atoms with Crippen LogP contribution < -0.4 is 15.2 Å². The molecule has 4 heteroatoms. The van der Waals surface area contributed by atoms with Gasteiger partial charge in [0, 0.05) is 22.6 Å². The Labute approximate surface area is 118 Å². The van der Waals surface area contributed by atoms with E-state index in [1.165, 1.54) is 11.3 Å². The van der Waals surface area contributed by atoms with Gasteiger partial charge in [-0.1, -0.05) is 6.92 Å². The minimum Gasteiger partial charge on any atom is -0.490 e. The van der Waals surface area contributed by atoms with Gasteiger partial charge in [0.1, 0.15) is 0 Å². The highest BCUT2D eigenvalue weighted by Gasteiger charge is 2.31. The van der Waals surface area contributed by atoms with Crippen LogP contribution in [0.15, 0.2) is 23.1 Å². The van der Waals surface area contributed by atoms with E-state index in [2.05, 4.69) is 19.1 Å². The van der Waals surface area contributed by atoms with E-state index in [-0.39, 0.29) is 0 Å². The van der Waals surface area contributed by atoms with Crippen molar-refractivity contribution in [3.8, 4) is 11.5 Å². The summed E-state index contributed by atoms with van der Waals surface area (Å²) in [6.45, 7) is 3.75. The zero-order valence-electron chi connectivity index (χ0n) is 11.3. The molecule has 1 aliphatic carbocycles. The fourth-order valence-electron chi connectivity index (χ4n) is 2.72. The summed E-state index contributed by atoms with van der Waals surface area (Å²) in [4.78, 5) is 1.26. The number of benzene rings is 1. The summed E-state index contributed by atoms with van der Waals surface area (Å²) in [5.41, 5.74) is 6.10. The summed E-state index contributed by atoms with van der Waals surface area (Å²) in [6, 6.07) is 6.64. The van der Waals surface area contributed by atoms with Gasteiger partial charge in [-0.05, 0) is 37.0 Å². The first-order chi connectivity index (χ1) is 9.24. The van der Waals surface area contributed by atoms with E-state index < -0.39 is 0 Å². The molecule has 3 nitrogen and oxygen atoms in total. The smallest absolute Gasteiger partial charge is 0.162 e. The minimum absolute atomic E-state index is 0.359. The monoisotopic (exact) mass is 279 g/mol. The van der Waals surface area contributed by atoms with Gasteiger partial charge in [-0.15, -0.1) is 11.8 Å². The Balaban J connectivity index is 1.73. The summed E-state index contributed by atoms with van der Waals surface area (Å²) < 4.78 is 11.4. The van der Waals surface area contributed by atoms with Gasteiger partial charge in [-0.3, -0.25) is 0 Å². The molecule has 1 heterocycles. The molecule has 0 saturated heterocycles. The third-order valence-corrected chi connectivity index (χ3v) is 5.55. The van der Waals surface area contributed by atoms with Crippen molar-refractivity contribution in [1.82, 2.24) is 0 Å². The van der Waals surface area contributed by atoms with Gasteiger partial charge >= 0.3 is 0 Å². The molecule has 2 aliphatic rings. The highest BCUT2D eigenvalue weighted by Crippen LogP contribution is 2.41. The molecular weight excluding hydrogens is 258 g/mol. The van der Waals surface area contributed by atoms with Gasteiger partial charge < -0.3 is 15.2 Å². The average molecular weight is 279 g/mol. The lowest BCUT2D eigenvalue weighted by Gasteiger charge is -2.18. The first kappa shape index (κ1) is 13.1. The number of nitrogens with two attached hydrogens (primary N) is 1. The van der Waals surface area contributed by atoms with Gasteiger partial charge in [-0.25, -0.2) is 0 Å². The largest absolute Gasteiger partial charge is 0.490 e. The van der Waals surface area contributed by atoms with Gasteiger partial charge in [0.05, 0.1) is 13.2 Å². The van der Waals surface area contributed by atoms with Crippen LogP contribution in [-0.2, 0) is 0 Å². The molecule has 1 fully saturated rings. The third-order valence-electron chi connectivity index (χ3n) is 4.05. The Hall–Kier alpha value is -0.870. The molecule has 19 heavy (non-hydrogen) atoms. The zero-order valence-corrected chi connectivity index (χ0v) is 12.1. The van der Waals surface area contributed by atoms with E-state index in [1.54, 1.807) is 0 Å². The molecule has 3 atom stereocenters. The summed E-state index contributed by atoms with van der Waals surface area (Å²) in [7, 11) is 0. The van der Waals surface area contributed by atoms with Crippen molar-refractivity contribution in [2.45, 2.75) is 42.4 Å². The van der Waals surface area contributed by atoms with E-state index in [4.69, 9.17) is 15.2 Å². The van der Waals surface area contributed by atoms with Crippen molar-refractivity contribution >= 4 is 11.8 Å². The molecule has 0 spiro atoms. The van der Waals surface area contributed by atoms with E-state index in [0.29, 0.717) is 17.2 Å². The van der Waals surface area contributed by atoms with Gasteiger partial charge in [0.2, 0.25) is 0 Å². The SMILES string of the molecule is CC1C(N)CCC1Sc1ccc2c(c1)OCCCO2. The molecule has 1 saturated carbocycles. The molecule has 0 radical (unpaired) electrons. The van der Waals surface area contributed by atoms with E-state index in [0.717, 1.165) is 37.6 Å². The fourth-order valence-corrected chi connectivity index (χ4v) is 4.06. The van der Waals surface area contributed by atoms with Crippen molar-refractivity contribution in [2.75, 3.05) is 13.2 Å². The van der Waals surface area contributed by atoms with E-state index >= 15 is 0 Å². The maximum Gasteiger partial charge on any atom is 0.162 e. The second-order valence-corrected chi connectivity index (χ2v) is 6.73. The van der Waals surface area contributed by atoms with Crippen molar-refractivity contribution in [3.05, 3.63) is 18.2 Å². The van der Waals surface area contributed by atoms with Crippen LogP contribution in [0.4, 0.5) is 0 Å². The van der Waals surface area contributed by atoms with Crippen LogP contribution in [0.5, 0.6) is 11.5 Å². The Morgan fingerprint density at radius 3 is 2.68 bits per heavy atom. The number of rotatable bonds is 2. The van der Waals surface area contributed by atoms with Gasteiger partial charge in [0.25, 0.3) is 0 Å². The number of ether oxygens (including phenoxy) is 2. The van der Waals surface area contributed by atoms with Crippen LogP contribution >= 0.6 is 11.8 Å². The molecule has 1 aliphatic heterocycles. The Morgan fingerprint density at radius 2 is 1.95 bits per heavy atom. The molecule has 0 bridgehead atoms. The van der Waals surface area contributed by atoms with Crippen LogP contribution in [0.25, 0.3) is 0 Å². The Morgan fingerprint density at radius 1 is 1.16 bits per heavy atom. The molecule has 1 aromatic rings. The molecule has 1 aromatic carbocycles. The Kier molecular flexibility index (Phi) is 3.89. The van der Waals surface area contributed by atoms with Crippen molar-refractivity contribution < 1.29 is 9.47 Å². The lowest BCUT2D eigenvalue weighted by atomic mass is 10.1. The van der Waals surface area contributed by atoms with Crippen LogP contribution in [0.3, 0.4) is 0 Å². The van der Waals surface area contributed by atoms with Gasteiger partial charge in [-0.2, -0.15) is 0 Å². The number of hydrogen-bond acceptors (Lipinski definition) is 4. The second kappa shape index (κ2) is 5.63. The lowest BCUT2D eigenvalue weighted by Crippen LogP contribution is -2.25. The quantitative estimate of drug-likeness (QED) is 0.903. The molecule has 3 rings (SSSR count). The Bertz CT molecular complexity index is 452. The molecule has 2 N–H and O–H groups in total. The minimum atomic E-state index is 0.359. The highest BCUT2D eigenvalue weighted by atomic mass is 32.2. The molecular formula is C15H21NO2S. The van der Waals surface area contributed by atoms with E-state index in [1.807, 2.05) is 17.8 Å². The van der Waals surface area contributed by atoms with Crippen LogP contribution in [0, 0.1) is 5.92 Å². The van der Waals surface area contributed by atoms with Crippen molar-refractivity contribution in [2.24, 2.45) is 11.7 Å². The van der Waals surface area contributed by atoms with Crippen LogP contribution in [0.1, 0.15) is 26.2 Å².